The predicted molar refractivity (Wildman–Crippen MR) is 88.1 cm³/mol. The van der Waals surface area contributed by atoms with Crippen LogP contribution in [0.1, 0.15) is 16.1 Å². The first kappa shape index (κ1) is 14.9. The van der Waals surface area contributed by atoms with Crippen molar-refractivity contribution in [3.63, 3.8) is 0 Å². The molecule has 3 nitrogen and oxygen atoms in total. The van der Waals surface area contributed by atoms with Gasteiger partial charge in [0, 0.05) is 5.39 Å². The third kappa shape index (κ3) is 3.26. The van der Waals surface area contributed by atoms with Crippen LogP contribution in [-0.2, 0) is 0 Å². The molecule has 0 amide bonds. The van der Waals surface area contributed by atoms with Gasteiger partial charge in [-0.1, -0.05) is 24.3 Å². The number of aromatic nitrogens is 1. The Morgan fingerprint density at radius 3 is 2.78 bits per heavy atom. The number of halogens is 1. The van der Waals surface area contributed by atoms with Crippen LogP contribution in [0.4, 0.5) is 4.39 Å². The number of carbonyl (C=O) groups is 1. The van der Waals surface area contributed by atoms with Crippen LogP contribution < -0.4 is 4.74 Å². The van der Waals surface area contributed by atoms with Crippen LogP contribution >= 0.6 is 0 Å². The molecule has 0 radical (unpaired) electrons. The van der Waals surface area contributed by atoms with Crippen LogP contribution in [0.2, 0.25) is 0 Å². The molecule has 0 N–H and O–H groups in total. The Balaban J connectivity index is 1.89. The first-order valence-electron chi connectivity index (χ1n) is 7.09. The average molecular weight is 307 g/mol. The van der Waals surface area contributed by atoms with Crippen LogP contribution in [0.15, 0.2) is 60.7 Å². The predicted octanol–water partition coefficient (Wildman–Crippen LogP) is 4.28. The highest BCUT2D eigenvalue weighted by atomic mass is 19.1. The van der Waals surface area contributed by atoms with Gasteiger partial charge in [0.05, 0.1) is 23.9 Å². The molecular weight excluding hydrogens is 293 g/mol. The van der Waals surface area contributed by atoms with Gasteiger partial charge < -0.3 is 4.74 Å². The highest BCUT2D eigenvalue weighted by molar-refractivity contribution is 6.08. The van der Waals surface area contributed by atoms with Gasteiger partial charge in [-0.05, 0) is 42.5 Å². The molecule has 1 aromatic heterocycles. The second-order valence-electron chi connectivity index (χ2n) is 4.97. The maximum atomic E-state index is 13.3. The highest BCUT2D eigenvalue weighted by Gasteiger charge is 2.10. The monoisotopic (exact) mass is 307 g/mol. The van der Waals surface area contributed by atoms with E-state index in [-0.39, 0.29) is 11.3 Å². The summed E-state index contributed by atoms with van der Waals surface area (Å²) < 4.78 is 18.4. The number of hydrogen-bond acceptors (Lipinski definition) is 3. The lowest BCUT2D eigenvalue weighted by Crippen LogP contribution is -1.99. The normalized spacial score (nSPS) is 11.0. The molecule has 1 heterocycles. The molecule has 0 atom stereocenters. The van der Waals surface area contributed by atoms with E-state index in [0.717, 1.165) is 10.9 Å². The van der Waals surface area contributed by atoms with Gasteiger partial charge in [0.15, 0.2) is 5.78 Å². The standard InChI is InChI=1S/C19H14FNO2/c1-23-19-11-7-14(20)12-16(19)18(22)10-9-15-8-6-13-4-2-3-5-17(13)21-15/h2-12H,1H3/b10-9+. The quantitative estimate of drug-likeness (QED) is 0.533. The van der Waals surface area contributed by atoms with Crippen LogP contribution in [0, 0.1) is 5.82 Å². The minimum Gasteiger partial charge on any atom is -0.496 e. The van der Waals surface area contributed by atoms with E-state index >= 15 is 0 Å². The molecule has 2 aromatic carbocycles. The molecule has 0 saturated carbocycles. The van der Waals surface area contributed by atoms with E-state index in [1.54, 1.807) is 6.08 Å². The van der Waals surface area contributed by atoms with Gasteiger partial charge in [0.25, 0.3) is 0 Å². The zero-order valence-corrected chi connectivity index (χ0v) is 12.5. The van der Waals surface area contributed by atoms with E-state index in [9.17, 15) is 9.18 Å². The fourth-order valence-corrected chi connectivity index (χ4v) is 2.30. The molecular formula is C19H14FNO2. The van der Waals surface area contributed by atoms with Crippen molar-refractivity contribution in [2.45, 2.75) is 0 Å². The topological polar surface area (TPSA) is 39.2 Å². The summed E-state index contributed by atoms with van der Waals surface area (Å²) in [5, 5.41) is 1.03. The van der Waals surface area contributed by atoms with Crippen LogP contribution in [0.5, 0.6) is 5.75 Å². The second-order valence-corrected chi connectivity index (χ2v) is 4.97. The molecule has 0 bridgehead atoms. The van der Waals surface area contributed by atoms with Crippen LogP contribution in [0.25, 0.3) is 17.0 Å². The van der Waals surface area contributed by atoms with Crippen molar-refractivity contribution in [2.75, 3.05) is 7.11 Å². The maximum Gasteiger partial charge on any atom is 0.189 e. The van der Waals surface area contributed by atoms with Gasteiger partial charge in [0.2, 0.25) is 0 Å². The van der Waals surface area contributed by atoms with E-state index < -0.39 is 5.82 Å². The smallest absolute Gasteiger partial charge is 0.189 e. The number of benzene rings is 2. The molecule has 0 unspecified atom stereocenters. The summed E-state index contributed by atoms with van der Waals surface area (Å²) in [5.74, 6) is -0.477. The van der Waals surface area contributed by atoms with Gasteiger partial charge in [-0.2, -0.15) is 0 Å². The van der Waals surface area contributed by atoms with E-state index in [2.05, 4.69) is 4.98 Å². The number of fused-ring (bicyclic) bond motifs is 1. The molecule has 4 heteroatoms. The zero-order chi connectivity index (χ0) is 16.2. The number of nitrogens with zero attached hydrogens (tertiary/aromatic N) is 1. The average Bonchev–Trinajstić information content (AvgIpc) is 2.59. The summed E-state index contributed by atoms with van der Waals surface area (Å²) >= 11 is 0. The SMILES string of the molecule is COc1ccc(F)cc1C(=O)/C=C/c1ccc2ccccc2n1. The van der Waals surface area contributed by atoms with Crippen molar-refractivity contribution in [3.8, 4) is 5.75 Å². The number of methoxy groups -OCH3 is 1. The van der Waals surface area contributed by atoms with Crippen molar-refractivity contribution in [1.29, 1.82) is 0 Å². The number of allylic oxidation sites excluding steroid dienone is 1. The second kappa shape index (κ2) is 6.40. The molecule has 23 heavy (non-hydrogen) atoms. The van der Waals surface area contributed by atoms with Crippen LogP contribution in [-0.4, -0.2) is 17.9 Å². The highest BCUT2D eigenvalue weighted by Crippen LogP contribution is 2.20. The summed E-state index contributed by atoms with van der Waals surface area (Å²) in [6.45, 7) is 0. The Hall–Kier alpha value is -3.01. The van der Waals surface area contributed by atoms with Crippen molar-refractivity contribution in [2.24, 2.45) is 0 Å². The first-order valence-corrected chi connectivity index (χ1v) is 7.09. The Morgan fingerprint density at radius 1 is 1.13 bits per heavy atom. The van der Waals surface area contributed by atoms with Gasteiger partial charge in [-0.3, -0.25) is 4.79 Å². The summed E-state index contributed by atoms with van der Waals surface area (Å²) in [5.41, 5.74) is 1.70. The number of para-hydroxylation sites is 1. The van der Waals surface area contributed by atoms with Crippen LogP contribution in [0.3, 0.4) is 0 Å². The van der Waals surface area contributed by atoms with Gasteiger partial charge >= 0.3 is 0 Å². The summed E-state index contributed by atoms with van der Waals surface area (Å²) in [4.78, 5) is 16.7. The number of ketones is 1. The van der Waals surface area contributed by atoms with E-state index in [1.165, 1.54) is 31.4 Å². The molecule has 3 aromatic rings. The van der Waals surface area contributed by atoms with Gasteiger partial charge in [0.1, 0.15) is 11.6 Å². The zero-order valence-electron chi connectivity index (χ0n) is 12.5. The Labute approximate surface area is 133 Å². The summed E-state index contributed by atoms with van der Waals surface area (Å²) in [7, 11) is 1.44. The number of carbonyl (C=O) groups excluding carboxylic acids is 1. The minimum atomic E-state index is -0.480. The molecule has 0 spiro atoms. The molecule has 0 aliphatic rings. The molecule has 3 rings (SSSR count). The molecule has 0 fully saturated rings. The van der Waals surface area contributed by atoms with E-state index in [0.29, 0.717) is 11.4 Å². The summed E-state index contributed by atoms with van der Waals surface area (Å²) in [6.07, 6.45) is 2.98. The van der Waals surface area contributed by atoms with E-state index in [4.69, 9.17) is 4.74 Å². The molecule has 0 saturated heterocycles. The Morgan fingerprint density at radius 2 is 1.96 bits per heavy atom. The third-order valence-corrected chi connectivity index (χ3v) is 3.45. The lowest BCUT2D eigenvalue weighted by atomic mass is 10.1. The Kier molecular flexibility index (Phi) is 4.15. The number of rotatable bonds is 4. The number of pyridine rings is 1. The summed E-state index contributed by atoms with van der Waals surface area (Å²) in [6, 6.07) is 15.4. The lowest BCUT2D eigenvalue weighted by Gasteiger charge is -2.05. The van der Waals surface area contributed by atoms with Gasteiger partial charge in [-0.15, -0.1) is 0 Å². The molecule has 0 aliphatic carbocycles. The molecule has 0 aliphatic heterocycles. The first-order chi connectivity index (χ1) is 11.2. The van der Waals surface area contributed by atoms with Gasteiger partial charge in [-0.25, -0.2) is 9.37 Å². The lowest BCUT2D eigenvalue weighted by molar-refractivity contribution is 0.104. The number of hydrogen-bond donors (Lipinski definition) is 0. The van der Waals surface area contributed by atoms with Crippen molar-refractivity contribution >= 4 is 22.8 Å². The van der Waals surface area contributed by atoms with Crippen molar-refractivity contribution in [1.82, 2.24) is 4.98 Å². The van der Waals surface area contributed by atoms with Crippen molar-refractivity contribution < 1.29 is 13.9 Å². The minimum absolute atomic E-state index is 0.185. The molecule has 114 valence electrons. The van der Waals surface area contributed by atoms with E-state index in [1.807, 2.05) is 36.4 Å². The number of ether oxygens (including phenoxy) is 1. The largest absolute Gasteiger partial charge is 0.496 e. The fourth-order valence-electron chi connectivity index (χ4n) is 2.30. The fraction of sp³-hybridized carbons (Fsp3) is 0.0526. The third-order valence-electron chi connectivity index (χ3n) is 3.45. The van der Waals surface area contributed by atoms with Crippen molar-refractivity contribution in [3.05, 3.63) is 77.7 Å². The Bertz CT molecular complexity index is 903. The maximum absolute atomic E-state index is 13.3.